The molecule has 2 atom stereocenters. The second-order valence-corrected chi connectivity index (χ2v) is 6.64. The Morgan fingerprint density at radius 1 is 1.18 bits per heavy atom. The number of esters is 1. The van der Waals surface area contributed by atoms with Crippen LogP contribution >= 0.6 is 0 Å². The fourth-order valence-corrected chi connectivity index (χ4v) is 2.82. The number of rotatable bonds is 4. The summed E-state index contributed by atoms with van der Waals surface area (Å²) in [4.78, 5) is 14.7. The third-order valence-electron chi connectivity index (χ3n) is 4.38. The highest BCUT2D eigenvalue weighted by Gasteiger charge is 2.25. The Morgan fingerprint density at radius 2 is 1.86 bits per heavy atom. The number of carbonyl (C=O) groups is 1. The molecule has 2 unspecified atom stereocenters. The summed E-state index contributed by atoms with van der Waals surface area (Å²) in [5, 5.41) is 0. The Kier molecular flexibility index (Phi) is 5.78. The van der Waals surface area contributed by atoms with E-state index in [0.717, 1.165) is 17.9 Å². The van der Waals surface area contributed by atoms with Gasteiger partial charge in [0, 0.05) is 12.6 Å². The fourth-order valence-electron chi connectivity index (χ4n) is 2.82. The number of ether oxygens (including phenoxy) is 1. The quantitative estimate of drug-likeness (QED) is 0.615. The molecule has 0 aliphatic carbocycles. The molecule has 0 aromatic heterocycles. The van der Waals surface area contributed by atoms with Crippen molar-refractivity contribution in [2.75, 3.05) is 13.1 Å². The molecule has 1 saturated heterocycles. The van der Waals surface area contributed by atoms with Gasteiger partial charge in [-0.1, -0.05) is 25.1 Å². The standard InChI is InChI=1S/C19H27NO2/c1-14(2)18(13-20-12-15(3)10-11-16(20)4)22-19(21)17-8-6-5-7-9-17/h5-9,15-16H,10-13H2,1-4H3. The number of piperidine rings is 1. The second kappa shape index (κ2) is 7.59. The summed E-state index contributed by atoms with van der Waals surface area (Å²) in [6.07, 6.45) is 2.50. The van der Waals surface area contributed by atoms with Crippen molar-refractivity contribution in [1.29, 1.82) is 0 Å². The van der Waals surface area contributed by atoms with Crippen LogP contribution in [0.25, 0.3) is 0 Å². The smallest absolute Gasteiger partial charge is 0.343 e. The maximum absolute atomic E-state index is 12.3. The summed E-state index contributed by atoms with van der Waals surface area (Å²) in [7, 11) is 0. The van der Waals surface area contributed by atoms with Crippen LogP contribution < -0.4 is 0 Å². The van der Waals surface area contributed by atoms with Crippen LogP contribution in [0.4, 0.5) is 0 Å². The normalized spacial score (nSPS) is 22.2. The molecule has 3 heteroatoms. The predicted octanol–water partition coefficient (Wildman–Crippen LogP) is 4.26. The monoisotopic (exact) mass is 301 g/mol. The lowest BCUT2D eigenvalue weighted by Crippen LogP contribution is -2.42. The predicted molar refractivity (Wildman–Crippen MR) is 89.7 cm³/mol. The van der Waals surface area contributed by atoms with Crippen molar-refractivity contribution in [2.45, 2.75) is 46.6 Å². The van der Waals surface area contributed by atoms with E-state index >= 15 is 0 Å². The summed E-state index contributed by atoms with van der Waals surface area (Å²) >= 11 is 0. The Hall–Kier alpha value is -1.61. The van der Waals surface area contributed by atoms with Crippen LogP contribution in [0.2, 0.25) is 0 Å². The molecule has 0 N–H and O–H groups in total. The molecule has 0 saturated carbocycles. The van der Waals surface area contributed by atoms with Crippen molar-refractivity contribution in [3.8, 4) is 0 Å². The molecule has 1 heterocycles. The van der Waals surface area contributed by atoms with Crippen LogP contribution in [-0.2, 0) is 4.74 Å². The molecular formula is C19H27NO2. The average molecular weight is 301 g/mol. The molecule has 22 heavy (non-hydrogen) atoms. The maximum Gasteiger partial charge on any atom is 0.343 e. The number of hydrogen-bond acceptors (Lipinski definition) is 3. The number of nitrogens with zero attached hydrogens (tertiary/aromatic N) is 1. The Labute approximate surface area is 134 Å². The molecule has 1 aliphatic heterocycles. The Bertz CT molecular complexity index is 532. The molecule has 0 radical (unpaired) electrons. The van der Waals surface area contributed by atoms with Gasteiger partial charge in [-0.05, 0) is 57.2 Å². The van der Waals surface area contributed by atoms with E-state index in [-0.39, 0.29) is 5.97 Å². The second-order valence-electron chi connectivity index (χ2n) is 6.64. The van der Waals surface area contributed by atoms with Crippen molar-refractivity contribution < 1.29 is 9.53 Å². The van der Waals surface area contributed by atoms with E-state index in [1.54, 1.807) is 12.1 Å². The van der Waals surface area contributed by atoms with Gasteiger partial charge in [-0.25, -0.2) is 4.79 Å². The van der Waals surface area contributed by atoms with Gasteiger partial charge in [0.1, 0.15) is 5.76 Å². The summed E-state index contributed by atoms with van der Waals surface area (Å²) in [6, 6.07) is 9.73. The molecule has 120 valence electrons. The zero-order chi connectivity index (χ0) is 16.1. The fraction of sp³-hybridized carbons (Fsp3) is 0.526. The zero-order valence-electron chi connectivity index (χ0n) is 14.1. The first-order chi connectivity index (χ1) is 10.5. The van der Waals surface area contributed by atoms with E-state index in [4.69, 9.17) is 4.74 Å². The first-order valence-electron chi connectivity index (χ1n) is 8.15. The molecule has 1 aliphatic rings. The molecular weight excluding hydrogens is 274 g/mol. The molecule has 0 spiro atoms. The SMILES string of the molecule is CC(C)=C(CN1CC(C)CCC1C)OC(=O)c1ccccc1. The lowest BCUT2D eigenvalue weighted by Gasteiger charge is -2.37. The summed E-state index contributed by atoms with van der Waals surface area (Å²) in [5.41, 5.74) is 1.66. The first-order valence-corrected chi connectivity index (χ1v) is 8.15. The van der Waals surface area contributed by atoms with E-state index in [2.05, 4.69) is 18.7 Å². The highest BCUT2D eigenvalue weighted by atomic mass is 16.5. The van der Waals surface area contributed by atoms with Crippen LogP contribution in [-0.4, -0.2) is 30.0 Å². The van der Waals surface area contributed by atoms with Crippen LogP contribution in [0, 0.1) is 5.92 Å². The van der Waals surface area contributed by atoms with Crippen LogP contribution in [0.15, 0.2) is 41.7 Å². The minimum absolute atomic E-state index is 0.269. The molecule has 0 amide bonds. The van der Waals surface area contributed by atoms with Gasteiger partial charge in [0.05, 0.1) is 12.1 Å². The first kappa shape index (κ1) is 16.8. The van der Waals surface area contributed by atoms with Crippen LogP contribution in [0.5, 0.6) is 0 Å². The summed E-state index contributed by atoms with van der Waals surface area (Å²) < 4.78 is 5.68. The highest BCUT2D eigenvalue weighted by Crippen LogP contribution is 2.23. The van der Waals surface area contributed by atoms with Gasteiger partial charge in [0.25, 0.3) is 0 Å². The van der Waals surface area contributed by atoms with Crippen molar-refractivity contribution in [1.82, 2.24) is 4.90 Å². The largest absolute Gasteiger partial charge is 0.426 e. The van der Waals surface area contributed by atoms with Crippen molar-refractivity contribution >= 4 is 5.97 Å². The van der Waals surface area contributed by atoms with E-state index in [9.17, 15) is 4.79 Å². The number of carbonyl (C=O) groups excluding carboxylic acids is 1. The molecule has 1 aromatic rings. The molecule has 0 bridgehead atoms. The molecule has 2 rings (SSSR count). The minimum Gasteiger partial charge on any atom is -0.426 e. The Morgan fingerprint density at radius 3 is 2.50 bits per heavy atom. The van der Waals surface area contributed by atoms with Crippen LogP contribution in [0.1, 0.15) is 50.9 Å². The van der Waals surface area contributed by atoms with Gasteiger partial charge in [-0.3, -0.25) is 4.90 Å². The van der Waals surface area contributed by atoms with E-state index in [0.29, 0.717) is 24.1 Å². The highest BCUT2D eigenvalue weighted by molar-refractivity contribution is 5.90. The van der Waals surface area contributed by atoms with E-state index < -0.39 is 0 Å². The van der Waals surface area contributed by atoms with Gasteiger partial charge in [0.2, 0.25) is 0 Å². The topological polar surface area (TPSA) is 29.5 Å². The minimum atomic E-state index is -0.269. The number of benzene rings is 1. The number of allylic oxidation sites excluding steroid dienone is 1. The number of hydrogen-bond donors (Lipinski definition) is 0. The van der Waals surface area contributed by atoms with E-state index in [1.165, 1.54) is 12.8 Å². The third kappa shape index (κ3) is 4.44. The summed E-state index contributed by atoms with van der Waals surface area (Å²) in [6.45, 7) is 10.3. The average Bonchev–Trinajstić information content (AvgIpc) is 2.50. The third-order valence-corrected chi connectivity index (χ3v) is 4.38. The lowest BCUT2D eigenvalue weighted by atomic mass is 9.95. The van der Waals surface area contributed by atoms with Gasteiger partial charge in [-0.2, -0.15) is 0 Å². The van der Waals surface area contributed by atoms with Crippen molar-refractivity contribution in [3.63, 3.8) is 0 Å². The van der Waals surface area contributed by atoms with Crippen molar-refractivity contribution in [2.24, 2.45) is 5.92 Å². The van der Waals surface area contributed by atoms with Crippen molar-refractivity contribution in [3.05, 3.63) is 47.2 Å². The number of likely N-dealkylation sites (tertiary alicyclic amines) is 1. The van der Waals surface area contributed by atoms with Gasteiger partial charge in [0.15, 0.2) is 0 Å². The zero-order valence-corrected chi connectivity index (χ0v) is 14.1. The van der Waals surface area contributed by atoms with Gasteiger partial charge >= 0.3 is 5.97 Å². The Balaban J connectivity index is 2.05. The van der Waals surface area contributed by atoms with Crippen LogP contribution in [0.3, 0.4) is 0 Å². The van der Waals surface area contributed by atoms with Gasteiger partial charge < -0.3 is 4.74 Å². The maximum atomic E-state index is 12.3. The molecule has 1 aromatic carbocycles. The summed E-state index contributed by atoms with van der Waals surface area (Å²) in [5.74, 6) is 1.23. The lowest BCUT2D eigenvalue weighted by molar-refractivity contribution is 0.0548. The van der Waals surface area contributed by atoms with E-state index in [1.807, 2.05) is 32.0 Å². The van der Waals surface area contributed by atoms with Gasteiger partial charge in [-0.15, -0.1) is 0 Å². The molecule has 3 nitrogen and oxygen atoms in total. The molecule has 1 fully saturated rings.